The van der Waals surface area contributed by atoms with Gasteiger partial charge in [-0.25, -0.2) is 9.18 Å². The van der Waals surface area contributed by atoms with Crippen LogP contribution in [0.3, 0.4) is 0 Å². The van der Waals surface area contributed by atoms with Gasteiger partial charge in [0.15, 0.2) is 5.54 Å². The van der Waals surface area contributed by atoms with Crippen LogP contribution in [0.2, 0.25) is 0 Å². The summed E-state index contributed by atoms with van der Waals surface area (Å²) in [6.07, 6.45) is 4.51. The summed E-state index contributed by atoms with van der Waals surface area (Å²) in [6, 6.07) is 34.0. The fourth-order valence-electron chi connectivity index (χ4n) is 5.20. The average Bonchev–Trinajstić information content (AvgIpc) is 3.53. The van der Waals surface area contributed by atoms with Gasteiger partial charge in [-0.05, 0) is 34.0 Å². The number of rotatable bonds is 8. The maximum atomic E-state index is 15.7. The van der Waals surface area contributed by atoms with Crippen molar-refractivity contribution in [3.8, 4) is 28.3 Å². The zero-order chi connectivity index (χ0) is 28.9. The van der Waals surface area contributed by atoms with E-state index in [0.29, 0.717) is 11.3 Å². The van der Waals surface area contributed by atoms with Gasteiger partial charge in [0.1, 0.15) is 11.6 Å². The predicted molar refractivity (Wildman–Crippen MR) is 155 cm³/mol. The topological polar surface area (TPSA) is 95.1 Å². The second-order valence-electron chi connectivity index (χ2n) is 9.38. The third-order valence-corrected chi connectivity index (χ3v) is 7.02. The number of halogens is 1. The Morgan fingerprint density at radius 3 is 1.98 bits per heavy atom. The molecule has 0 amide bonds. The van der Waals surface area contributed by atoms with Crippen LogP contribution in [-0.4, -0.2) is 38.4 Å². The van der Waals surface area contributed by atoms with E-state index < -0.39 is 11.4 Å². The van der Waals surface area contributed by atoms with Crippen LogP contribution in [0.5, 0.6) is 5.75 Å². The summed E-state index contributed by atoms with van der Waals surface area (Å²) in [4.78, 5) is 20.5. The number of carbonyl (C=O) groups excluding carboxylic acids is 1. The molecule has 0 spiro atoms. The Morgan fingerprint density at radius 2 is 1.43 bits per heavy atom. The standard InChI is InChI=1S/C33H23FN6O2/c1-42-28-17-23(20-35-21-28)31-29(18-27(36-22-41)19-30(31)34)32-37-39-40(38-32)33(24-11-5-2-6-12-24,25-13-7-3-8-14-25)26-15-9-4-10-16-26/h2-21H,1H3. The van der Waals surface area contributed by atoms with E-state index in [-0.39, 0.29) is 22.6 Å². The van der Waals surface area contributed by atoms with Gasteiger partial charge in [0.2, 0.25) is 11.9 Å². The molecule has 204 valence electrons. The summed E-state index contributed by atoms with van der Waals surface area (Å²) in [5, 5.41) is 13.9. The minimum atomic E-state index is -1.02. The Kier molecular flexibility index (Phi) is 7.15. The number of nitrogens with zero attached hydrogens (tertiary/aromatic N) is 6. The van der Waals surface area contributed by atoms with Gasteiger partial charge in [-0.2, -0.15) is 4.99 Å². The van der Waals surface area contributed by atoms with Crippen LogP contribution in [-0.2, 0) is 10.3 Å². The molecule has 0 radical (unpaired) electrons. The first-order valence-electron chi connectivity index (χ1n) is 13.0. The number of ether oxygens (including phenoxy) is 1. The highest BCUT2D eigenvalue weighted by Gasteiger charge is 2.41. The number of hydrogen-bond donors (Lipinski definition) is 0. The van der Waals surface area contributed by atoms with Crippen LogP contribution in [0.15, 0.2) is 127 Å². The van der Waals surface area contributed by atoms with Crippen LogP contribution >= 0.6 is 0 Å². The number of benzene rings is 4. The minimum Gasteiger partial charge on any atom is -0.495 e. The Balaban J connectivity index is 1.64. The summed E-state index contributed by atoms with van der Waals surface area (Å²) in [7, 11) is 1.50. The number of pyridine rings is 1. The van der Waals surface area contributed by atoms with Gasteiger partial charge in [-0.15, -0.1) is 15.0 Å². The second-order valence-corrected chi connectivity index (χ2v) is 9.38. The Morgan fingerprint density at radius 1 is 0.833 bits per heavy atom. The zero-order valence-corrected chi connectivity index (χ0v) is 22.4. The number of hydrogen-bond acceptors (Lipinski definition) is 7. The predicted octanol–water partition coefficient (Wildman–Crippen LogP) is 6.36. The molecule has 6 aromatic rings. The molecule has 0 N–H and O–H groups in total. The van der Waals surface area contributed by atoms with Gasteiger partial charge in [-0.1, -0.05) is 91.0 Å². The van der Waals surface area contributed by atoms with Crippen molar-refractivity contribution in [2.24, 2.45) is 4.99 Å². The SMILES string of the molecule is COc1cncc(-c2c(F)cc(N=C=O)cc2-c2nnn(C(c3ccccc3)(c3ccccc3)c3ccccc3)n2)c1. The van der Waals surface area contributed by atoms with E-state index in [1.54, 1.807) is 10.9 Å². The first kappa shape index (κ1) is 26.4. The van der Waals surface area contributed by atoms with Crippen LogP contribution in [0.25, 0.3) is 22.5 Å². The molecule has 2 heterocycles. The molecule has 0 saturated carbocycles. The van der Waals surface area contributed by atoms with E-state index in [9.17, 15) is 4.79 Å². The molecule has 0 aliphatic rings. The van der Waals surface area contributed by atoms with Crippen molar-refractivity contribution in [2.45, 2.75) is 5.54 Å². The maximum Gasteiger partial charge on any atom is 0.240 e. The number of aliphatic imine (C=N–C) groups is 1. The van der Waals surface area contributed by atoms with Gasteiger partial charge in [0, 0.05) is 29.0 Å². The Hall–Kier alpha value is -5.79. The van der Waals surface area contributed by atoms with E-state index >= 15 is 4.39 Å². The highest BCUT2D eigenvalue weighted by atomic mass is 19.1. The molecular weight excluding hydrogens is 531 g/mol. The zero-order valence-electron chi connectivity index (χ0n) is 22.4. The first-order chi connectivity index (χ1) is 20.6. The molecule has 4 aromatic carbocycles. The third-order valence-electron chi connectivity index (χ3n) is 7.02. The molecule has 42 heavy (non-hydrogen) atoms. The summed E-state index contributed by atoms with van der Waals surface area (Å²) < 4.78 is 21.1. The molecule has 6 rings (SSSR count). The molecule has 0 atom stereocenters. The maximum absolute atomic E-state index is 15.7. The first-order valence-corrected chi connectivity index (χ1v) is 13.0. The third kappa shape index (κ3) is 4.64. The highest BCUT2D eigenvalue weighted by Crippen LogP contribution is 2.41. The molecule has 0 bridgehead atoms. The number of aromatic nitrogens is 5. The molecule has 9 heteroatoms. The minimum absolute atomic E-state index is 0.0638. The highest BCUT2D eigenvalue weighted by molar-refractivity contribution is 5.83. The smallest absolute Gasteiger partial charge is 0.240 e. The van der Waals surface area contributed by atoms with E-state index in [4.69, 9.17) is 9.84 Å². The molecule has 0 fully saturated rings. The van der Waals surface area contributed by atoms with Gasteiger partial charge in [0.25, 0.3) is 0 Å². The molecule has 0 aliphatic carbocycles. The summed E-state index contributed by atoms with van der Waals surface area (Å²) in [5.41, 5.74) is 2.60. The lowest BCUT2D eigenvalue weighted by Crippen LogP contribution is -2.39. The fraction of sp³-hybridized carbons (Fsp3) is 0.0606. The van der Waals surface area contributed by atoms with Crippen LogP contribution in [0, 0.1) is 5.82 Å². The van der Waals surface area contributed by atoms with Crippen molar-refractivity contribution in [3.63, 3.8) is 0 Å². The van der Waals surface area contributed by atoms with Crippen molar-refractivity contribution < 1.29 is 13.9 Å². The van der Waals surface area contributed by atoms with Gasteiger partial charge < -0.3 is 4.74 Å². The second kappa shape index (κ2) is 11.4. The summed E-state index contributed by atoms with van der Waals surface area (Å²) in [6.45, 7) is 0. The average molecular weight is 555 g/mol. The molecule has 0 saturated heterocycles. The molecule has 8 nitrogen and oxygen atoms in total. The summed E-state index contributed by atoms with van der Waals surface area (Å²) >= 11 is 0. The van der Waals surface area contributed by atoms with Crippen molar-refractivity contribution in [1.29, 1.82) is 0 Å². The van der Waals surface area contributed by atoms with Crippen molar-refractivity contribution >= 4 is 11.8 Å². The Labute approximate surface area is 240 Å². The van der Waals surface area contributed by atoms with Gasteiger partial charge >= 0.3 is 0 Å². The molecule has 0 aliphatic heterocycles. The van der Waals surface area contributed by atoms with Crippen molar-refractivity contribution in [1.82, 2.24) is 25.2 Å². The van der Waals surface area contributed by atoms with Crippen molar-refractivity contribution in [2.75, 3.05) is 7.11 Å². The lowest BCUT2D eigenvalue weighted by Gasteiger charge is -2.34. The lowest BCUT2D eigenvalue weighted by molar-refractivity contribution is 0.396. The van der Waals surface area contributed by atoms with E-state index in [0.717, 1.165) is 22.8 Å². The molecule has 0 unspecified atom stereocenters. The van der Waals surface area contributed by atoms with E-state index in [1.807, 2.05) is 91.0 Å². The normalized spacial score (nSPS) is 11.1. The quantitative estimate of drug-likeness (QED) is 0.123. The van der Waals surface area contributed by atoms with E-state index in [1.165, 1.54) is 31.6 Å². The van der Waals surface area contributed by atoms with Crippen molar-refractivity contribution in [3.05, 3.63) is 144 Å². The van der Waals surface area contributed by atoms with Crippen LogP contribution in [0.4, 0.5) is 10.1 Å². The number of tetrazole rings is 1. The van der Waals surface area contributed by atoms with Gasteiger partial charge in [0.05, 0.1) is 19.0 Å². The van der Waals surface area contributed by atoms with E-state index in [2.05, 4.69) is 20.3 Å². The fourth-order valence-corrected chi connectivity index (χ4v) is 5.20. The van der Waals surface area contributed by atoms with Crippen LogP contribution in [0.1, 0.15) is 16.7 Å². The van der Waals surface area contributed by atoms with Crippen LogP contribution < -0.4 is 4.74 Å². The molecular formula is C33H23FN6O2. The monoisotopic (exact) mass is 554 g/mol. The summed E-state index contributed by atoms with van der Waals surface area (Å²) in [5.74, 6) is -0.0733. The molecule has 2 aromatic heterocycles. The number of methoxy groups -OCH3 is 1. The Bertz CT molecular complexity index is 1790. The van der Waals surface area contributed by atoms with Gasteiger partial charge in [-0.3, -0.25) is 4.98 Å². The lowest BCUT2D eigenvalue weighted by atomic mass is 9.77. The largest absolute Gasteiger partial charge is 0.495 e. The number of isocyanates is 1.